The van der Waals surface area contributed by atoms with E-state index in [1.165, 1.54) is 11.1 Å². The van der Waals surface area contributed by atoms with Gasteiger partial charge in [0, 0.05) is 44.4 Å². The van der Waals surface area contributed by atoms with Crippen molar-refractivity contribution < 1.29 is 4.79 Å². The average Bonchev–Trinajstić information content (AvgIpc) is 3.03. The van der Waals surface area contributed by atoms with E-state index >= 15 is 0 Å². The van der Waals surface area contributed by atoms with Crippen LogP contribution in [-0.4, -0.2) is 53.2 Å². The molecule has 1 aliphatic rings. The molecule has 1 aromatic carbocycles. The van der Waals surface area contributed by atoms with Gasteiger partial charge in [0.05, 0.1) is 11.9 Å². The topological polar surface area (TPSA) is 65.8 Å². The maximum Gasteiger partial charge on any atom is 0.246 e. The molecule has 1 aliphatic heterocycles. The zero-order valence-electron chi connectivity index (χ0n) is 15.6. The summed E-state index contributed by atoms with van der Waals surface area (Å²) in [6.07, 6.45) is 3.58. The Bertz CT molecular complexity index is 837. The molecule has 9 heteroatoms. The fourth-order valence-electron chi connectivity index (χ4n) is 3.04. The van der Waals surface area contributed by atoms with Crippen molar-refractivity contribution in [3.8, 4) is 0 Å². The van der Waals surface area contributed by atoms with Crippen LogP contribution in [0.4, 0.5) is 5.69 Å². The highest BCUT2D eigenvalue weighted by atomic mass is 127. The summed E-state index contributed by atoms with van der Waals surface area (Å²) in [4.78, 5) is 20.7. The molecule has 1 saturated heterocycles. The van der Waals surface area contributed by atoms with Crippen molar-refractivity contribution >= 4 is 57.5 Å². The molecule has 2 aromatic rings. The van der Waals surface area contributed by atoms with Crippen LogP contribution in [-0.2, 0) is 18.4 Å². The molecule has 0 radical (unpaired) electrons. The largest absolute Gasteiger partial charge is 0.352 e. The number of aliphatic imine (C=N–C) groups is 1. The minimum atomic E-state index is 0. The minimum absolute atomic E-state index is 0. The number of hydrogen-bond donors (Lipinski definition) is 1. The normalized spacial score (nSPS) is 15.0. The van der Waals surface area contributed by atoms with Crippen molar-refractivity contribution in [2.75, 3.05) is 31.6 Å². The number of aryl methyl sites for hydroxylation is 2. The summed E-state index contributed by atoms with van der Waals surface area (Å²) in [5.41, 5.74) is 3.25. The Morgan fingerprint density at radius 1 is 1.37 bits per heavy atom. The van der Waals surface area contributed by atoms with Gasteiger partial charge in [-0.3, -0.25) is 14.5 Å². The Morgan fingerprint density at radius 2 is 2.15 bits per heavy atom. The quantitative estimate of drug-likeness (QED) is 0.365. The predicted molar refractivity (Wildman–Crippen MR) is 122 cm³/mol. The standard InChI is InChI=1S/C18H23BrN6O.HI/c1-13-8-15(19)5-4-14(13)9-21-18(20-2)24-6-7-25(17(26)12-24)16-10-22-23(3)11-16;/h4-5,8,10-11H,6-7,9,12H2,1-3H3,(H,20,21);1H. The van der Waals surface area contributed by atoms with Gasteiger partial charge < -0.3 is 15.1 Å². The molecule has 2 heterocycles. The molecule has 7 nitrogen and oxygen atoms in total. The van der Waals surface area contributed by atoms with Crippen molar-refractivity contribution in [3.05, 3.63) is 46.2 Å². The average molecular weight is 547 g/mol. The third-order valence-electron chi connectivity index (χ3n) is 4.48. The van der Waals surface area contributed by atoms with E-state index in [1.54, 1.807) is 22.8 Å². The monoisotopic (exact) mass is 546 g/mol. The van der Waals surface area contributed by atoms with E-state index in [1.807, 2.05) is 24.2 Å². The Hall–Kier alpha value is -1.62. The van der Waals surface area contributed by atoms with Crippen molar-refractivity contribution in [1.82, 2.24) is 20.0 Å². The molecule has 0 spiro atoms. The Morgan fingerprint density at radius 3 is 2.74 bits per heavy atom. The summed E-state index contributed by atoms with van der Waals surface area (Å²) < 4.78 is 2.77. The smallest absolute Gasteiger partial charge is 0.246 e. The van der Waals surface area contributed by atoms with E-state index in [2.05, 4.69) is 50.4 Å². The van der Waals surface area contributed by atoms with Crippen LogP contribution in [0.3, 0.4) is 0 Å². The molecule has 146 valence electrons. The number of rotatable bonds is 3. The molecular weight excluding hydrogens is 523 g/mol. The maximum atomic E-state index is 12.6. The van der Waals surface area contributed by atoms with Crippen LogP contribution >= 0.6 is 39.9 Å². The summed E-state index contributed by atoms with van der Waals surface area (Å²) in [5.74, 6) is 0.790. The molecule has 1 fully saturated rings. The molecule has 1 amide bonds. The second-order valence-corrected chi connectivity index (χ2v) is 7.23. The van der Waals surface area contributed by atoms with Gasteiger partial charge in [0.2, 0.25) is 5.91 Å². The molecule has 0 atom stereocenters. The maximum absolute atomic E-state index is 12.6. The van der Waals surface area contributed by atoms with E-state index in [0.29, 0.717) is 19.6 Å². The highest BCUT2D eigenvalue weighted by molar-refractivity contribution is 14.0. The highest BCUT2D eigenvalue weighted by Gasteiger charge is 2.27. The van der Waals surface area contributed by atoms with Gasteiger partial charge in [-0.25, -0.2) is 0 Å². The van der Waals surface area contributed by atoms with Crippen LogP contribution in [0.2, 0.25) is 0 Å². The molecule has 0 saturated carbocycles. The van der Waals surface area contributed by atoms with Crippen LogP contribution in [0.5, 0.6) is 0 Å². The van der Waals surface area contributed by atoms with Gasteiger partial charge in [0.1, 0.15) is 6.54 Å². The Balaban J connectivity index is 0.00000261. The number of nitrogens with zero attached hydrogens (tertiary/aromatic N) is 5. The lowest BCUT2D eigenvalue weighted by atomic mass is 10.1. The zero-order valence-corrected chi connectivity index (χ0v) is 19.6. The first-order valence-electron chi connectivity index (χ1n) is 8.47. The Kier molecular flexibility index (Phi) is 7.66. The van der Waals surface area contributed by atoms with Crippen LogP contribution in [0, 0.1) is 6.92 Å². The van der Waals surface area contributed by atoms with E-state index in [-0.39, 0.29) is 29.9 Å². The van der Waals surface area contributed by atoms with E-state index in [0.717, 1.165) is 22.7 Å². The van der Waals surface area contributed by atoms with Gasteiger partial charge in [-0.2, -0.15) is 5.10 Å². The van der Waals surface area contributed by atoms with E-state index in [9.17, 15) is 4.79 Å². The predicted octanol–water partition coefficient (Wildman–Crippen LogP) is 2.53. The molecular formula is C18H24BrIN6O. The number of nitrogens with one attached hydrogen (secondary N) is 1. The van der Waals surface area contributed by atoms with Crippen molar-refractivity contribution in [2.45, 2.75) is 13.5 Å². The number of amides is 1. The third kappa shape index (κ3) is 5.22. The number of carbonyl (C=O) groups excluding carboxylic acids is 1. The van der Waals surface area contributed by atoms with Gasteiger partial charge in [-0.1, -0.05) is 22.0 Å². The fourth-order valence-corrected chi connectivity index (χ4v) is 3.51. The number of carbonyl (C=O) groups is 1. The van der Waals surface area contributed by atoms with Crippen molar-refractivity contribution in [2.24, 2.45) is 12.0 Å². The number of hydrogen-bond acceptors (Lipinski definition) is 3. The fraction of sp³-hybridized carbons (Fsp3) is 0.389. The van der Waals surface area contributed by atoms with Gasteiger partial charge in [0.15, 0.2) is 5.96 Å². The molecule has 0 aliphatic carbocycles. The van der Waals surface area contributed by atoms with Gasteiger partial charge in [-0.05, 0) is 30.2 Å². The van der Waals surface area contributed by atoms with Gasteiger partial charge >= 0.3 is 0 Å². The third-order valence-corrected chi connectivity index (χ3v) is 4.97. The molecule has 1 N–H and O–H groups in total. The number of halogens is 2. The van der Waals surface area contributed by atoms with Crippen LogP contribution in [0.1, 0.15) is 11.1 Å². The van der Waals surface area contributed by atoms with Crippen molar-refractivity contribution in [3.63, 3.8) is 0 Å². The second kappa shape index (κ2) is 9.54. The molecule has 27 heavy (non-hydrogen) atoms. The molecule has 1 aromatic heterocycles. The summed E-state index contributed by atoms with van der Waals surface area (Å²) in [5, 5.41) is 7.51. The first-order chi connectivity index (χ1) is 12.5. The molecule has 0 unspecified atom stereocenters. The zero-order chi connectivity index (χ0) is 18.7. The van der Waals surface area contributed by atoms with E-state index in [4.69, 9.17) is 0 Å². The first-order valence-corrected chi connectivity index (χ1v) is 9.27. The Labute approximate surface area is 185 Å². The van der Waals surface area contributed by atoms with Gasteiger partial charge in [0.25, 0.3) is 0 Å². The molecule has 3 rings (SSSR count). The van der Waals surface area contributed by atoms with E-state index < -0.39 is 0 Å². The summed E-state index contributed by atoms with van der Waals surface area (Å²) in [6.45, 7) is 4.39. The number of anilines is 1. The lowest BCUT2D eigenvalue weighted by molar-refractivity contribution is -0.120. The first kappa shape index (κ1) is 21.7. The van der Waals surface area contributed by atoms with Crippen molar-refractivity contribution in [1.29, 1.82) is 0 Å². The number of piperazine rings is 1. The second-order valence-electron chi connectivity index (χ2n) is 6.31. The highest BCUT2D eigenvalue weighted by Crippen LogP contribution is 2.17. The van der Waals surface area contributed by atoms with Gasteiger partial charge in [-0.15, -0.1) is 24.0 Å². The summed E-state index contributed by atoms with van der Waals surface area (Å²) in [6, 6.07) is 6.21. The number of benzene rings is 1. The minimum Gasteiger partial charge on any atom is -0.352 e. The van der Waals surface area contributed by atoms with Crippen LogP contribution in [0.25, 0.3) is 0 Å². The lowest BCUT2D eigenvalue weighted by Gasteiger charge is -2.35. The SMILES string of the molecule is CN=C(NCc1ccc(Br)cc1C)N1CCN(c2cnn(C)c2)C(=O)C1.I. The molecule has 0 bridgehead atoms. The number of aromatic nitrogens is 2. The van der Waals surface area contributed by atoms with Crippen LogP contribution < -0.4 is 10.2 Å². The van der Waals surface area contributed by atoms with Crippen LogP contribution in [0.15, 0.2) is 40.1 Å². The lowest BCUT2D eigenvalue weighted by Crippen LogP contribution is -2.55. The summed E-state index contributed by atoms with van der Waals surface area (Å²) in [7, 11) is 3.59. The number of guanidine groups is 1. The summed E-state index contributed by atoms with van der Waals surface area (Å²) >= 11 is 3.49.